The first-order chi connectivity index (χ1) is 12.9. The van der Waals surface area contributed by atoms with Gasteiger partial charge in [-0.3, -0.25) is 24.3 Å². The van der Waals surface area contributed by atoms with E-state index < -0.39 is 17.4 Å². The number of rotatable bonds is 3. The molecule has 2 heterocycles. The minimum Gasteiger partial charge on any atom is -0.384 e. The summed E-state index contributed by atoms with van der Waals surface area (Å²) < 4.78 is 1.23. The lowest BCUT2D eigenvalue weighted by molar-refractivity contribution is 0.0880. The number of fused-ring (bicyclic) bond motifs is 1. The molecule has 7 heteroatoms. The van der Waals surface area contributed by atoms with E-state index in [1.165, 1.54) is 10.1 Å². The number of amides is 2. The van der Waals surface area contributed by atoms with Crippen molar-refractivity contribution in [3.05, 3.63) is 81.6 Å². The Hall–Kier alpha value is -3.32. The number of aromatic nitrogens is 1. The molecular weight excluding hydrogens is 362 g/mol. The lowest BCUT2D eigenvalue weighted by Crippen LogP contribution is -2.24. The molecular formula is C20H15N3O3S. The fourth-order valence-corrected chi connectivity index (χ4v) is 3.77. The largest absolute Gasteiger partial charge is 0.384 e. The molecule has 134 valence electrons. The van der Waals surface area contributed by atoms with Crippen LogP contribution in [0.2, 0.25) is 0 Å². The topological polar surface area (TPSA) is 94.2 Å². The van der Waals surface area contributed by atoms with Crippen LogP contribution in [-0.2, 0) is 0 Å². The second kappa shape index (κ2) is 6.44. The van der Waals surface area contributed by atoms with Gasteiger partial charge in [0.15, 0.2) is 0 Å². The standard InChI is InChI=1S/C20H15N3O3S/c1-11-2-6-13(7-3-11)27-14-8-4-12(5-9-14)23-16(24)10-15-17(18(23)21)20(26)22-19(15)25/h2-10H,21H2,1H3,(H,22,25,26). The molecule has 6 nitrogen and oxygen atoms in total. The SMILES string of the molecule is Cc1ccc(Sc2ccc(-n3c(N)c4c(cc3=O)C(=O)NC4=O)cc2)cc1. The van der Waals surface area contributed by atoms with Gasteiger partial charge in [-0.25, -0.2) is 0 Å². The second-order valence-corrected chi connectivity index (χ2v) is 7.33. The van der Waals surface area contributed by atoms with Crippen molar-refractivity contribution in [2.24, 2.45) is 0 Å². The van der Waals surface area contributed by atoms with Gasteiger partial charge < -0.3 is 5.73 Å². The van der Waals surface area contributed by atoms with Crippen LogP contribution in [0.15, 0.2) is 69.2 Å². The number of carbonyl (C=O) groups excluding carboxylic acids is 2. The van der Waals surface area contributed by atoms with Crippen molar-refractivity contribution in [1.29, 1.82) is 0 Å². The molecule has 4 rings (SSSR count). The molecule has 0 saturated heterocycles. The molecule has 0 unspecified atom stereocenters. The van der Waals surface area contributed by atoms with E-state index in [0.717, 1.165) is 15.9 Å². The molecule has 0 fully saturated rings. The van der Waals surface area contributed by atoms with Crippen LogP contribution in [-0.4, -0.2) is 16.4 Å². The van der Waals surface area contributed by atoms with Gasteiger partial charge in [0.25, 0.3) is 17.4 Å². The van der Waals surface area contributed by atoms with Crippen LogP contribution in [0.4, 0.5) is 5.82 Å². The molecule has 1 aromatic heterocycles. The van der Waals surface area contributed by atoms with Crippen molar-refractivity contribution in [2.45, 2.75) is 16.7 Å². The van der Waals surface area contributed by atoms with Crippen molar-refractivity contribution in [3.63, 3.8) is 0 Å². The molecule has 0 aliphatic carbocycles. The van der Waals surface area contributed by atoms with Crippen LogP contribution < -0.4 is 16.6 Å². The van der Waals surface area contributed by atoms with Crippen molar-refractivity contribution in [1.82, 2.24) is 9.88 Å². The van der Waals surface area contributed by atoms with Crippen LogP contribution in [0.3, 0.4) is 0 Å². The molecule has 0 saturated carbocycles. The summed E-state index contributed by atoms with van der Waals surface area (Å²) >= 11 is 1.60. The lowest BCUT2D eigenvalue weighted by Gasteiger charge is -2.12. The number of nitrogens with two attached hydrogens (primary N) is 1. The number of nitrogen functional groups attached to an aromatic ring is 1. The fraction of sp³-hybridized carbons (Fsp3) is 0.0500. The number of anilines is 1. The number of benzene rings is 2. The summed E-state index contributed by atoms with van der Waals surface area (Å²) in [5.41, 5.74) is 7.36. The summed E-state index contributed by atoms with van der Waals surface area (Å²) in [7, 11) is 0. The Morgan fingerprint density at radius 3 is 2.11 bits per heavy atom. The summed E-state index contributed by atoms with van der Waals surface area (Å²) in [5, 5.41) is 2.16. The molecule has 1 aliphatic rings. The lowest BCUT2D eigenvalue weighted by atomic mass is 10.1. The molecule has 2 amide bonds. The number of nitrogens with zero attached hydrogens (tertiary/aromatic N) is 1. The van der Waals surface area contributed by atoms with Gasteiger partial charge in [-0.15, -0.1) is 0 Å². The van der Waals surface area contributed by atoms with E-state index in [1.54, 1.807) is 23.9 Å². The maximum absolute atomic E-state index is 12.4. The quantitative estimate of drug-likeness (QED) is 0.685. The first-order valence-corrected chi connectivity index (χ1v) is 9.02. The molecule has 0 spiro atoms. The van der Waals surface area contributed by atoms with Gasteiger partial charge in [0.2, 0.25) is 0 Å². The van der Waals surface area contributed by atoms with Crippen LogP contribution >= 0.6 is 11.8 Å². The third-order valence-electron chi connectivity index (χ3n) is 4.30. The normalized spacial score (nSPS) is 12.8. The van der Waals surface area contributed by atoms with Gasteiger partial charge in [0.1, 0.15) is 5.82 Å². The number of hydrogen-bond donors (Lipinski definition) is 2. The number of pyridine rings is 1. The average molecular weight is 377 g/mol. The zero-order valence-electron chi connectivity index (χ0n) is 14.4. The van der Waals surface area contributed by atoms with Crippen molar-refractivity contribution >= 4 is 29.4 Å². The number of aryl methyl sites for hydroxylation is 1. The monoisotopic (exact) mass is 377 g/mol. The summed E-state index contributed by atoms with van der Waals surface area (Å²) in [6.07, 6.45) is 0. The highest BCUT2D eigenvalue weighted by molar-refractivity contribution is 7.99. The Balaban J connectivity index is 1.70. The molecule has 1 aliphatic heterocycles. The van der Waals surface area contributed by atoms with Crippen LogP contribution in [0.25, 0.3) is 5.69 Å². The number of carbonyl (C=O) groups is 2. The first-order valence-electron chi connectivity index (χ1n) is 8.20. The van der Waals surface area contributed by atoms with E-state index >= 15 is 0 Å². The molecule has 3 aromatic rings. The van der Waals surface area contributed by atoms with Gasteiger partial charge in [-0.1, -0.05) is 29.5 Å². The van der Waals surface area contributed by atoms with Gasteiger partial charge >= 0.3 is 0 Å². The van der Waals surface area contributed by atoms with E-state index in [-0.39, 0.29) is 16.9 Å². The van der Waals surface area contributed by atoms with Gasteiger partial charge in [-0.2, -0.15) is 0 Å². The number of hydrogen-bond acceptors (Lipinski definition) is 5. The van der Waals surface area contributed by atoms with E-state index in [2.05, 4.69) is 5.32 Å². The van der Waals surface area contributed by atoms with Crippen LogP contribution in [0, 0.1) is 6.92 Å². The third kappa shape index (κ3) is 3.02. The van der Waals surface area contributed by atoms with Crippen molar-refractivity contribution < 1.29 is 9.59 Å². The Morgan fingerprint density at radius 2 is 1.48 bits per heavy atom. The Kier molecular flexibility index (Phi) is 4.08. The van der Waals surface area contributed by atoms with Gasteiger partial charge in [0, 0.05) is 15.9 Å². The fourth-order valence-electron chi connectivity index (χ4n) is 2.95. The maximum atomic E-state index is 12.4. The highest BCUT2D eigenvalue weighted by Gasteiger charge is 2.31. The Bertz CT molecular complexity index is 1130. The zero-order chi connectivity index (χ0) is 19.1. The van der Waals surface area contributed by atoms with E-state index in [1.807, 2.05) is 43.3 Å². The highest BCUT2D eigenvalue weighted by Crippen LogP contribution is 2.29. The molecule has 27 heavy (non-hydrogen) atoms. The van der Waals surface area contributed by atoms with Gasteiger partial charge in [-0.05, 0) is 43.3 Å². The minimum atomic E-state index is -0.601. The van der Waals surface area contributed by atoms with E-state index in [9.17, 15) is 14.4 Å². The average Bonchev–Trinajstić information content (AvgIpc) is 2.92. The van der Waals surface area contributed by atoms with Crippen LogP contribution in [0.5, 0.6) is 0 Å². The minimum absolute atomic E-state index is 0.0188. The number of nitrogens with one attached hydrogen (secondary N) is 1. The maximum Gasteiger partial charge on any atom is 0.262 e. The summed E-state index contributed by atoms with van der Waals surface area (Å²) in [6, 6.07) is 16.6. The van der Waals surface area contributed by atoms with Gasteiger partial charge in [0.05, 0.1) is 16.8 Å². The van der Waals surface area contributed by atoms with Crippen LogP contribution in [0.1, 0.15) is 26.3 Å². The highest BCUT2D eigenvalue weighted by atomic mass is 32.2. The Labute approximate surface area is 159 Å². The van der Waals surface area contributed by atoms with Crippen molar-refractivity contribution in [2.75, 3.05) is 5.73 Å². The molecule has 0 bridgehead atoms. The molecule has 0 atom stereocenters. The third-order valence-corrected chi connectivity index (χ3v) is 5.32. The molecule has 2 aromatic carbocycles. The predicted octanol–water partition coefficient (Wildman–Crippen LogP) is 2.76. The summed E-state index contributed by atoms with van der Waals surface area (Å²) in [6.45, 7) is 2.04. The summed E-state index contributed by atoms with van der Waals surface area (Å²) in [5.74, 6) is -1.23. The first kappa shape index (κ1) is 17.1. The molecule has 3 N–H and O–H groups in total. The predicted molar refractivity (Wildman–Crippen MR) is 104 cm³/mol. The zero-order valence-corrected chi connectivity index (χ0v) is 15.2. The van der Waals surface area contributed by atoms with E-state index in [0.29, 0.717) is 5.69 Å². The number of imide groups is 1. The van der Waals surface area contributed by atoms with E-state index in [4.69, 9.17) is 5.73 Å². The second-order valence-electron chi connectivity index (χ2n) is 6.18. The molecule has 0 radical (unpaired) electrons. The van der Waals surface area contributed by atoms with Crippen molar-refractivity contribution in [3.8, 4) is 5.69 Å². The smallest absolute Gasteiger partial charge is 0.262 e. The summed E-state index contributed by atoms with van der Waals surface area (Å²) in [4.78, 5) is 38.2. The Morgan fingerprint density at radius 1 is 0.889 bits per heavy atom.